The predicted molar refractivity (Wildman–Crippen MR) is 205 cm³/mol. The highest BCUT2D eigenvalue weighted by molar-refractivity contribution is 5.86. The molecule has 1 heterocycles. The number of hydrogen-bond donors (Lipinski definition) is 0. The van der Waals surface area contributed by atoms with Gasteiger partial charge in [-0.25, -0.2) is 15.0 Å². The molecule has 0 saturated carbocycles. The molecule has 7 aromatic carbocycles. The maximum atomic E-state index is 5.68. The lowest BCUT2D eigenvalue weighted by atomic mass is 9.71. The first-order valence-electron chi connectivity index (χ1n) is 17.5. The van der Waals surface area contributed by atoms with Crippen molar-refractivity contribution in [3.63, 3.8) is 0 Å². The van der Waals surface area contributed by atoms with Gasteiger partial charge in [-0.3, -0.25) is 0 Å². The second-order valence-corrected chi connectivity index (χ2v) is 13.7. The average Bonchev–Trinajstić information content (AvgIpc) is 3.66. The van der Waals surface area contributed by atoms with E-state index in [9.17, 15) is 0 Å². The van der Waals surface area contributed by atoms with Gasteiger partial charge >= 0.3 is 0 Å². The Kier molecular flexibility index (Phi) is 6.53. The molecule has 8 aromatic rings. The summed E-state index contributed by atoms with van der Waals surface area (Å²) in [6.07, 6.45) is 0. The van der Waals surface area contributed by atoms with E-state index in [-0.39, 0.29) is 0 Å². The molecule has 3 heteroatoms. The number of benzene rings is 7. The second-order valence-electron chi connectivity index (χ2n) is 13.7. The summed E-state index contributed by atoms with van der Waals surface area (Å²) in [6, 6.07) is 64.8. The van der Waals surface area contributed by atoms with Crippen molar-refractivity contribution in [3.05, 3.63) is 221 Å². The number of nitrogens with zero attached hydrogens (tertiary/aromatic N) is 3. The zero-order valence-electron chi connectivity index (χ0n) is 28.2. The Morgan fingerprint density at radius 3 is 1.27 bits per heavy atom. The van der Waals surface area contributed by atoms with Crippen LogP contribution in [0.3, 0.4) is 0 Å². The van der Waals surface area contributed by atoms with Crippen LogP contribution in [-0.4, -0.2) is 15.0 Å². The zero-order valence-corrected chi connectivity index (χ0v) is 28.2. The fourth-order valence-electron chi connectivity index (χ4n) is 8.64. The Bertz CT molecular complexity index is 2500. The first-order chi connectivity index (χ1) is 25.2. The van der Waals surface area contributed by atoms with Gasteiger partial charge in [0.15, 0.2) is 11.6 Å². The molecule has 1 aromatic heterocycles. The SMILES string of the molecule is CC1(c2nc(-c3ccc(-c4ccccc4)cc3)nc(C3(c4ccccc4)c4ccccc4-c4ccccc43)n2)c2ccccc2-c2ccccc21. The molecule has 0 amide bonds. The highest BCUT2D eigenvalue weighted by Gasteiger charge is 2.50. The number of rotatable bonds is 5. The quantitative estimate of drug-likeness (QED) is 0.186. The van der Waals surface area contributed by atoms with Gasteiger partial charge in [0, 0.05) is 5.56 Å². The van der Waals surface area contributed by atoms with Crippen LogP contribution in [0.4, 0.5) is 0 Å². The molecule has 0 bridgehead atoms. The van der Waals surface area contributed by atoms with E-state index in [0.717, 1.165) is 28.3 Å². The minimum absolute atomic E-state index is 0.612. The minimum Gasteiger partial charge on any atom is -0.215 e. The topological polar surface area (TPSA) is 38.7 Å². The highest BCUT2D eigenvalue weighted by atomic mass is 15.1. The maximum Gasteiger partial charge on any atom is 0.163 e. The summed E-state index contributed by atoms with van der Waals surface area (Å²) in [4.78, 5) is 16.7. The van der Waals surface area contributed by atoms with E-state index in [1.807, 2.05) is 6.07 Å². The van der Waals surface area contributed by atoms with Gasteiger partial charge in [0.05, 0.1) is 5.41 Å². The summed E-state index contributed by atoms with van der Waals surface area (Å²) >= 11 is 0. The number of fused-ring (bicyclic) bond motifs is 6. The molecule has 0 unspecified atom stereocenters. The van der Waals surface area contributed by atoms with Gasteiger partial charge in [-0.15, -0.1) is 0 Å². The van der Waals surface area contributed by atoms with Crippen LogP contribution in [0.2, 0.25) is 0 Å². The predicted octanol–water partition coefficient (Wildman–Crippen LogP) is 10.9. The van der Waals surface area contributed by atoms with E-state index in [0.29, 0.717) is 5.82 Å². The molecule has 2 aliphatic carbocycles. The number of aromatic nitrogens is 3. The van der Waals surface area contributed by atoms with Crippen molar-refractivity contribution in [2.75, 3.05) is 0 Å². The Morgan fingerprint density at radius 1 is 0.333 bits per heavy atom. The smallest absolute Gasteiger partial charge is 0.163 e. The molecule has 3 nitrogen and oxygen atoms in total. The molecule has 10 rings (SSSR count). The first kappa shape index (κ1) is 29.5. The van der Waals surface area contributed by atoms with Crippen LogP contribution < -0.4 is 0 Å². The molecular formula is C48H33N3. The van der Waals surface area contributed by atoms with E-state index in [1.54, 1.807) is 0 Å². The normalized spacial score (nSPS) is 14.3. The monoisotopic (exact) mass is 651 g/mol. The fourth-order valence-corrected chi connectivity index (χ4v) is 8.64. The van der Waals surface area contributed by atoms with Crippen LogP contribution in [0.5, 0.6) is 0 Å². The van der Waals surface area contributed by atoms with Crippen LogP contribution in [-0.2, 0) is 10.8 Å². The molecule has 0 saturated heterocycles. The third kappa shape index (κ3) is 4.22. The second kappa shape index (κ2) is 11.3. The Labute approximate surface area is 298 Å². The Morgan fingerprint density at radius 2 is 0.725 bits per heavy atom. The van der Waals surface area contributed by atoms with Crippen molar-refractivity contribution in [2.45, 2.75) is 17.8 Å². The largest absolute Gasteiger partial charge is 0.215 e. The lowest BCUT2D eigenvalue weighted by molar-refractivity contribution is 0.607. The van der Waals surface area contributed by atoms with Crippen LogP contribution in [0, 0.1) is 0 Å². The molecule has 0 spiro atoms. The van der Waals surface area contributed by atoms with Crippen LogP contribution in [0.1, 0.15) is 46.4 Å². The van der Waals surface area contributed by atoms with Gasteiger partial charge in [0.2, 0.25) is 0 Å². The van der Waals surface area contributed by atoms with Crippen LogP contribution in [0.25, 0.3) is 44.8 Å². The summed E-state index contributed by atoms with van der Waals surface area (Å²) in [6.45, 7) is 2.28. The van der Waals surface area contributed by atoms with E-state index in [1.165, 1.54) is 50.1 Å². The zero-order chi connectivity index (χ0) is 34.0. The standard InChI is InChI=1S/C48H33N3/c1-47(40-24-12-8-20-36(40)37-21-9-13-25-41(37)47)45-49-44(34-30-28-33(29-31-34)32-16-4-2-5-17-32)50-46(51-45)48(35-18-6-3-7-19-35)42-26-14-10-22-38(42)39-23-11-15-27-43(39)48/h2-31H,1H3. The molecule has 240 valence electrons. The van der Waals surface area contributed by atoms with Gasteiger partial charge in [0.1, 0.15) is 11.2 Å². The molecule has 0 fully saturated rings. The maximum absolute atomic E-state index is 5.68. The van der Waals surface area contributed by atoms with E-state index in [2.05, 4.69) is 183 Å². The van der Waals surface area contributed by atoms with Gasteiger partial charge in [-0.05, 0) is 68.1 Å². The highest BCUT2D eigenvalue weighted by Crippen LogP contribution is 2.56. The molecule has 0 aliphatic heterocycles. The van der Waals surface area contributed by atoms with Crippen molar-refractivity contribution >= 4 is 0 Å². The van der Waals surface area contributed by atoms with E-state index < -0.39 is 10.8 Å². The third-order valence-electron chi connectivity index (χ3n) is 11.0. The molecule has 0 radical (unpaired) electrons. The number of hydrogen-bond acceptors (Lipinski definition) is 3. The summed E-state index contributed by atoms with van der Waals surface area (Å²) in [5.74, 6) is 2.13. The van der Waals surface area contributed by atoms with Gasteiger partial charge < -0.3 is 0 Å². The Balaban J connectivity index is 1.30. The van der Waals surface area contributed by atoms with Crippen molar-refractivity contribution in [1.29, 1.82) is 0 Å². The lowest BCUT2D eigenvalue weighted by Gasteiger charge is -2.33. The van der Waals surface area contributed by atoms with Crippen molar-refractivity contribution in [2.24, 2.45) is 0 Å². The first-order valence-corrected chi connectivity index (χ1v) is 17.5. The van der Waals surface area contributed by atoms with E-state index >= 15 is 0 Å². The lowest BCUT2D eigenvalue weighted by Crippen LogP contribution is -2.34. The van der Waals surface area contributed by atoms with Crippen molar-refractivity contribution in [1.82, 2.24) is 15.0 Å². The van der Waals surface area contributed by atoms with E-state index in [4.69, 9.17) is 15.0 Å². The molecule has 51 heavy (non-hydrogen) atoms. The van der Waals surface area contributed by atoms with Crippen LogP contribution in [0.15, 0.2) is 182 Å². The van der Waals surface area contributed by atoms with Gasteiger partial charge in [0.25, 0.3) is 0 Å². The summed E-state index contributed by atoms with van der Waals surface area (Å²) in [7, 11) is 0. The summed E-state index contributed by atoms with van der Waals surface area (Å²) < 4.78 is 0. The van der Waals surface area contributed by atoms with Crippen molar-refractivity contribution < 1.29 is 0 Å². The van der Waals surface area contributed by atoms with Crippen LogP contribution >= 0.6 is 0 Å². The summed E-state index contributed by atoms with van der Waals surface area (Å²) in [5.41, 5.74) is 12.6. The molecule has 0 N–H and O–H groups in total. The fraction of sp³-hybridized carbons (Fsp3) is 0.0625. The molecule has 2 aliphatic rings. The van der Waals surface area contributed by atoms with Gasteiger partial charge in [-0.2, -0.15) is 0 Å². The average molecular weight is 652 g/mol. The molecule has 0 atom stereocenters. The Hall–Kier alpha value is -6.45. The van der Waals surface area contributed by atoms with Gasteiger partial charge in [-0.1, -0.05) is 182 Å². The molecular weight excluding hydrogens is 619 g/mol. The van der Waals surface area contributed by atoms with Crippen molar-refractivity contribution in [3.8, 4) is 44.8 Å². The summed E-state index contributed by atoms with van der Waals surface area (Å²) in [5, 5.41) is 0. The third-order valence-corrected chi connectivity index (χ3v) is 11.0. The minimum atomic E-state index is -0.765.